The molecular weight excluding hydrogens is 298 g/mol. The van der Waals surface area contributed by atoms with Crippen LogP contribution in [-0.2, 0) is 9.53 Å². The predicted molar refractivity (Wildman–Crippen MR) is 83.1 cm³/mol. The van der Waals surface area contributed by atoms with Crippen LogP contribution in [0.5, 0.6) is 0 Å². The maximum absolute atomic E-state index is 12.6. The van der Waals surface area contributed by atoms with E-state index in [4.69, 9.17) is 4.74 Å². The Hall–Kier alpha value is -2.15. The molecule has 0 spiro atoms. The fourth-order valence-corrected chi connectivity index (χ4v) is 3.21. The van der Waals surface area contributed by atoms with Gasteiger partial charge in [-0.25, -0.2) is 9.78 Å². The predicted octanol–water partition coefficient (Wildman–Crippen LogP) is 0.430. The highest BCUT2D eigenvalue weighted by atomic mass is 16.5. The minimum absolute atomic E-state index is 0.131. The lowest BCUT2D eigenvalue weighted by atomic mass is 10.2. The number of aliphatic hydroxyl groups is 1. The molecule has 0 bridgehead atoms. The Labute approximate surface area is 134 Å². The normalized spacial score (nSPS) is 24.1. The summed E-state index contributed by atoms with van der Waals surface area (Å²) in [6, 6.07) is 2.82. The summed E-state index contributed by atoms with van der Waals surface area (Å²) in [5, 5.41) is 9.77. The molecule has 2 saturated heterocycles. The highest BCUT2D eigenvalue weighted by Gasteiger charge is 2.40. The lowest BCUT2D eigenvalue weighted by molar-refractivity contribution is -0.145. The fraction of sp³-hybridized carbons (Fsp3) is 0.562. The second-order valence-corrected chi connectivity index (χ2v) is 5.99. The van der Waals surface area contributed by atoms with Gasteiger partial charge in [-0.15, -0.1) is 0 Å². The third kappa shape index (κ3) is 3.14. The first-order valence-corrected chi connectivity index (χ1v) is 7.88. The number of methoxy groups -OCH3 is 1. The van der Waals surface area contributed by atoms with Crippen molar-refractivity contribution in [3.05, 3.63) is 23.9 Å². The monoisotopic (exact) mass is 319 g/mol. The van der Waals surface area contributed by atoms with Crippen molar-refractivity contribution in [2.45, 2.75) is 31.4 Å². The number of esters is 1. The van der Waals surface area contributed by atoms with Gasteiger partial charge in [0.05, 0.1) is 18.8 Å². The number of amides is 1. The highest BCUT2D eigenvalue weighted by Crippen LogP contribution is 2.23. The van der Waals surface area contributed by atoms with Crippen LogP contribution in [0.4, 0.5) is 5.82 Å². The molecule has 0 aromatic carbocycles. The second-order valence-electron chi connectivity index (χ2n) is 5.99. The van der Waals surface area contributed by atoms with Gasteiger partial charge in [0.1, 0.15) is 11.9 Å². The summed E-state index contributed by atoms with van der Waals surface area (Å²) in [4.78, 5) is 32.3. The van der Waals surface area contributed by atoms with Gasteiger partial charge < -0.3 is 19.6 Å². The largest absolute Gasteiger partial charge is 0.467 e. The molecule has 0 unspecified atom stereocenters. The molecule has 1 N–H and O–H groups in total. The lowest BCUT2D eigenvalue weighted by Gasteiger charge is -2.22. The number of ether oxygens (including phenoxy) is 1. The second kappa shape index (κ2) is 6.54. The van der Waals surface area contributed by atoms with Crippen LogP contribution in [0.25, 0.3) is 0 Å². The molecule has 7 heteroatoms. The van der Waals surface area contributed by atoms with Gasteiger partial charge in [0.2, 0.25) is 0 Å². The van der Waals surface area contributed by atoms with Gasteiger partial charge in [-0.05, 0) is 25.0 Å². The van der Waals surface area contributed by atoms with E-state index in [1.165, 1.54) is 18.2 Å². The number of β-amino-alcohol motifs (C(OH)–C–C–N with tert-alkyl or cyclic N) is 1. The average Bonchev–Trinajstić information content (AvgIpc) is 3.23. The van der Waals surface area contributed by atoms with Crippen molar-refractivity contribution in [2.75, 3.05) is 31.6 Å². The van der Waals surface area contributed by atoms with Crippen molar-refractivity contribution in [1.29, 1.82) is 0 Å². The quantitative estimate of drug-likeness (QED) is 0.814. The molecule has 1 aromatic rings. The van der Waals surface area contributed by atoms with Crippen molar-refractivity contribution in [3.63, 3.8) is 0 Å². The smallest absolute Gasteiger partial charge is 0.328 e. The van der Waals surface area contributed by atoms with Gasteiger partial charge in [0.15, 0.2) is 0 Å². The van der Waals surface area contributed by atoms with E-state index in [0.717, 1.165) is 31.7 Å². The van der Waals surface area contributed by atoms with Crippen molar-refractivity contribution < 1.29 is 19.4 Å². The molecule has 3 rings (SSSR count). The molecule has 1 aromatic heterocycles. The van der Waals surface area contributed by atoms with Crippen molar-refractivity contribution in [2.24, 2.45) is 0 Å². The van der Waals surface area contributed by atoms with E-state index in [1.807, 2.05) is 6.07 Å². The number of aliphatic hydroxyl groups excluding tert-OH is 1. The zero-order chi connectivity index (χ0) is 16.4. The van der Waals surface area contributed by atoms with E-state index in [9.17, 15) is 14.7 Å². The van der Waals surface area contributed by atoms with Gasteiger partial charge >= 0.3 is 5.97 Å². The van der Waals surface area contributed by atoms with E-state index < -0.39 is 18.1 Å². The summed E-state index contributed by atoms with van der Waals surface area (Å²) in [7, 11) is 1.28. The van der Waals surface area contributed by atoms with Crippen molar-refractivity contribution in [1.82, 2.24) is 9.88 Å². The van der Waals surface area contributed by atoms with Crippen molar-refractivity contribution in [3.8, 4) is 0 Å². The molecule has 3 heterocycles. The molecule has 0 aliphatic carbocycles. The van der Waals surface area contributed by atoms with Crippen LogP contribution >= 0.6 is 0 Å². The third-order valence-electron chi connectivity index (χ3n) is 4.44. The Morgan fingerprint density at radius 3 is 2.65 bits per heavy atom. The average molecular weight is 319 g/mol. The molecule has 2 aliphatic heterocycles. The maximum atomic E-state index is 12.6. The summed E-state index contributed by atoms with van der Waals surface area (Å²) >= 11 is 0. The van der Waals surface area contributed by atoms with Crippen LogP contribution in [0.2, 0.25) is 0 Å². The molecule has 124 valence electrons. The van der Waals surface area contributed by atoms with E-state index in [-0.39, 0.29) is 18.9 Å². The fourth-order valence-electron chi connectivity index (χ4n) is 3.21. The standard InChI is InChI=1S/C16H21N3O4/c1-23-16(22)13-8-12(20)10-19(13)15(21)11-4-5-14(17-9-11)18-6-2-3-7-18/h4-5,9,12-13,20H,2-3,6-8,10H2,1H3/t12-,13+/m1/s1. The highest BCUT2D eigenvalue weighted by molar-refractivity contribution is 5.97. The number of hydrogen-bond donors (Lipinski definition) is 1. The Morgan fingerprint density at radius 1 is 1.30 bits per heavy atom. The number of pyridine rings is 1. The SMILES string of the molecule is COC(=O)[C@@H]1C[C@@H](O)CN1C(=O)c1ccc(N2CCCC2)nc1. The minimum Gasteiger partial charge on any atom is -0.467 e. The van der Waals surface area contributed by atoms with Gasteiger partial charge in [-0.1, -0.05) is 0 Å². The maximum Gasteiger partial charge on any atom is 0.328 e. The van der Waals surface area contributed by atoms with Crippen LogP contribution in [0, 0.1) is 0 Å². The molecule has 2 aliphatic rings. The minimum atomic E-state index is -0.735. The van der Waals surface area contributed by atoms with Crippen molar-refractivity contribution >= 4 is 17.7 Å². The van der Waals surface area contributed by atoms with E-state index in [1.54, 1.807) is 6.07 Å². The zero-order valence-electron chi connectivity index (χ0n) is 13.1. The number of hydrogen-bond acceptors (Lipinski definition) is 6. The Balaban J connectivity index is 1.75. The van der Waals surface area contributed by atoms with E-state index >= 15 is 0 Å². The summed E-state index contributed by atoms with van der Waals surface area (Å²) in [6.07, 6.45) is 3.36. The molecule has 2 atom stereocenters. The van der Waals surface area contributed by atoms with E-state index in [0.29, 0.717) is 5.56 Å². The first-order valence-electron chi connectivity index (χ1n) is 7.88. The number of aromatic nitrogens is 1. The van der Waals surface area contributed by atoms with Crippen LogP contribution in [0.1, 0.15) is 29.6 Å². The summed E-state index contributed by atoms with van der Waals surface area (Å²) < 4.78 is 4.72. The first kappa shape index (κ1) is 15.7. The Kier molecular flexibility index (Phi) is 4.47. The topological polar surface area (TPSA) is 83.0 Å². The summed E-state index contributed by atoms with van der Waals surface area (Å²) in [5.41, 5.74) is 0.413. The first-order chi connectivity index (χ1) is 11.1. The van der Waals surface area contributed by atoms with Crippen LogP contribution < -0.4 is 4.90 Å². The van der Waals surface area contributed by atoms with Crippen LogP contribution in [0.3, 0.4) is 0 Å². The molecule has 7 nitrogen and oxygen atoms in total. The number of nitrogens with zero attached hydrogens (tertiary/aromatic N) is 3. The van der Waals surface area contributed by atoms with Gasteiger partial charge in [0, 0.05) is 32.3 Å². The lowest BCUT2D eigenvalue weighted by Crippen LogP contribution is -2.41. The van der Waals surface area contributed by atoms with Gasteiger partial charge in [-0.2, -0.15) is 0 Å². The number of carbonyl (C=O) groups is 2. The number of rotatable bonds is 3. The molecule has 0 saturated carbocycles. The number of anilines is 1. The number of likely N-dealkylation sites (tertiary alicyclic amines) is 1. The molecule has 2 fully saturated rings. The zero-order valence-corrected chi connectivity index (χ0v) is 13.1. The van der Waals surface area contributed by atoms with Gasteiger partial charge in [-0.3, -0.25) is 4.79 Å². The Morgan fingerprint density at radius 2 is 2.04 bits per heavy atom. The van der Waals surface area contributed by atoms with E-state index in [2.05, 4.69) is 9.88 Å². The molecule has 0 radical (unpaired) electrons. The summed E-state index contributed by atoms with van der Waals surface area (Å²) in [5.74, 6) is 0.0546. The summed E-state index contributed by atoms with van der Waals surface area (Å²) in [6.45, 7) is 2.11. The Bertz CT molecular complexity index is 583. The van der Waals surface area contributed by atoms with Crippen LogP contribution in [0.15, 0.2) is 18.3 Å². The third-order valence-corrected chi connectivity index (χ3v) is 4.44. The molecule has 1 amide bonds. The van der Waals surface area contributed by atoms with Crippen LogP contribution in [-0.4, -0.2) is 65.8 Å². The van der Waals surface area contributed by atoms with Gasteiger partial charge in [0.25, 0.3) is 5.91 Å². The molecule has 23 heavy (non-hydrogen) atoms. The number of carbonyl (C=O) groups excluding carboxylic acids is 2. The molecular formula is C16H21N3O4.